The van der Waals surface area contributed by atoms with Gasteiger partial charge in [0.1, 0.15) is 5.82 Å². The van der Waals surface area contributed by atoms with Gasteiger partial charge in [-0.25, -0.2) is 9.78 Å². The van der Waals surface area contributed by atoms with Crippen LogP contribution in [0.5, 0.6) is 0 Å². The Morgan fingerprint density at radius 2 is 1.90 bits per heavy atom. The Balaban J connectivity index is 1.39. The number of aromatic nitrogens is 2. The fourth-order valence-corrected chi connectivity index (χ4v) is 4.63. The highest BCUT2D eigenvalue weighted by Crippen LogP contribution is 2.26. The van der Waals surface area contributed by atoms with E-state index in [2.05, 4.69) is 16.4 Å². The highest BCUT2D eigenvalue weighted by molar-refractivity contribution is 5.92. The quantitative estimate of drug-likeness (QED) is 0.132. The van der Waals surface area contributed by atoms with Gasteiger partial charge in [-0.1, -0.05) is 24.3 Å². The number of carbonyl (C=O) groups is 2. The molecule has 0 bridgehead atoms. The number of hydrogen-bond donors (Lipinski definition) is 1. The maximum Gasteiger partial charge on any atom is 0.338 e. The van der Waals surface area contributed by atoms with Crippen molar-refractivity contribution in [1.29, 1.82) is 5.26 Å². The number of rotatable bonds is 10. The molecule has 11 nitrogen and oxygen atoms in total. The van der Waals surface area contributed by atoms with Crippen LogP contribution in [0, 0.1) is 21.4 Å². The van der Waals surface area contributed by atoms with Crippen LogP contribution in [0.15, 0.2) is 65.5 Å². The van der Waals surface area contributed by atoms with Crippen LogP contribution in [-0.2, 0) is 29.5 Å². The number of benzene rings is 3. The normalized spacial score (nSPS) is 10.7. The van der Waals surface area contributed by atoms with Crippen LogP contribution in [0.25, 0.3) is 22.3 Å². The lowest BCUT2D eigenvalue weighted by molar-refractivity contribution is -0.385. The summed E-state index contributed by atoms with van der Waals surface area (Å²) < 4.78 is 6.15. The molecule has 208 valence electrons. The number of amides is 1. The van der Waals surface area contributed by atoms with Crippen LogP contribution in [0.2, 0.25) is 0 Å². The topological polar surface area (TPSA) is 157 Å². The van der Waals surface area contributed by atoms with E-state index in [1.165, 1.54) is 29.9 Å². The van der Waals surface area contributed by atoms with Gasteiger partial charge in [0.25, 0.3) is 11.2 Å². The summed E-state index contributed by atoms with van der Waals surface area (Å²) in [5, 5.41) is 24.1. The summed E-state index contributed by atoms with van der Waals surface area (Å²) in [6.07, 6.45) is 1.34. The second kappa shape index (κ2) is 12.7. The minimum absolute atomic E-state index is 0.143. The summed E-state index contributed by atoms with van der Waals surface area (Å²) in [5.74, 6) is -0.472. The molecule has 0 atom stereocenters. The van der Waals surface area contributed by atoms with E-state index < -0.39 is 10.9 Å². The Kier molecular flexibility index (Phi) is 8.84. The molecule has 41 heavy (non-hydrogen) atoms. The van der Waals surface area contributed by atoms with Gasteiger partial charge in [-0.2, -0.15) is 5.26 Å². The summed E-state index contributed by atoms with van der Waals surface area (Å²) in [6.45, 7) is 0.202. The zero-order valence-corrected chi connectivity index (χ0v) is 22.5. The first-order chi connectivity index (χ1) is 19.7. The second-order valence-corrected chi connectivity index (χ2v) is 9.34. The average molecular weight is 554 g/mol. The molecule has 0 aliphatic rings. The number of esters is 1. The molecule has 4 rings (SSSR count). The highest BCUT2D eigenvalue weighted by Gasteiger charge is 2.21. The predicted octanol–water partition coefficient (Wildman–Crippen LogP) is 4.20. The van der Waals surface area contributed by atoms with Crippen molar-refractivity contribution in [3.05, 3.63) is 103 Å². The Labute approximate surface area is 235 Å². The van der Waals surface area contributed by atoms with Crippen molar-refractivity contribution in [1.82, 2.24) is 14.9 Å². The number of methoxy groups -OCH3 is 1. The Bertz CT molecular complexity index is 1760. The number of ether oxygens (including phenoxy) is 1. The number of nitro benzene ring substituents is 1. The molecule has 3 aromatic carbocycles. The monoisotopic (exact) mass is 553 g/mol. The lowest BCUT2D eigenvalue weighted by atomic mass is 9.99. The average Bonchev–Trinajstić information content (AvgIpc) is 2.99. The summed E-state index contributed by atoms with van der Waals surface area (Å²) in [5.41, 5.74) is 2.18. The summed E-state index contributed by atoms with van der Waals surface area (Å²) in [7, 11) is 2.82. The molecule has 11 heteroatoms. The number of carbonyl (C=O) groups excluding carboxylic acids is 2. The predicted molar refractivity (Wildman–Crippen MR) is 151 cm³/mol. The van der Waals surface area contributed by atoms with E-state index in [0.29, 0.717) is 40.7 Å². The highest BCUT2D eigenvalue weighted by atomic mass is 16.6. The zero-order chi connectivity index (χ0) is 29.5. The fourth-order valence-electron chi connectivity index (χ4n) is 4.63. The molecule has 1 amide bonds. The van der Waals surface area contributed by atoms with Gasteiger partial charge < -0.3 is 10.1 Å². The van der Waals surface area contributed by atoms with E-state index >= 15 is 0 Å². The second-order valence-electron chi connectivity index (χ2n) is 9.34. The molecular formula is C30H27N5O6. The van der Waals surface area contributed by atoms with Crippen molar-refractivity contribution in [2.75, 3.05) is 7.11 Å². The van der Waals surface area contributed by atoms with Gasteiger partial charge in [0, 0.05) is 37.2 Å². The number of nitro groups is 1. The van der Waals surface area contributed by atoms with E-state index in [4.69, 9.17) is 4.74 Å². The van der Waals surface area contributed by atoms with Gasteiger partial charge in [-0.05, 0) is 55.2 Å². The van der Waals surface area contributed by atoms with E-state index in [1.54, 1.807) is 49.5 Å². The van der Waals surface area contributed by atoms with Crippen molar-refractivity contribution in [3.63, 3.8) is 0 Å². The van der Waals surface area contributed by atoms with Crippen LogP contribution in [0.1, 0.15) is 46.3 Å². The first-order valence-corrected chi connectivity index (χ1v) is 12.9. The number of nitriles is 1. The SMILES string of the molecule is COC(=O)c1cccc([N+](=O)[O-])c1CCCCC(=O)NCc1ccc2nc(-c3ccccc3C#N)n(C)c(=O)c2c1. The lowest BCUT2D eigenvalue weighted by Gasteiger charge is -2.12. The van der Waals surface area contributed by atoms with Crippen molar-refractivity contribution in [3.8, 4) is 17.5 Å². The maximum absolute atomic E-state index is 13.1. The third-order valence-electron chi connectivity index (χ3n) is 6.75. The zero-order valence-electron chi connectivity index (χ0n) is 22.5. The van der Waals surface area contributed by atoms with Gasteiger partial charge in [-0.15, -0.1) is 0 Å². The number of nitrogens with zero attached hydrogens (tertiary/aromatic N) is 4. The van der Waals surface area contributed by atoms with Gasteiger partial charge >= 0.3 is 5.97 Å². The molecule has 0 fully saturated rings. The number of nitrogens with one attached hydrogen (secondary N) is 1. The van der Waals surface area contributed by atoms with Crippen molar-refractivity contribution >= 4 is 28.5 Å². The summed E-state index contributed by atoms with van der Waals surface area (Å²) in [6, 6.07) is 18.5. The molecule has 1 heterocycles. The third kappa shape index (κ3) is 6.28. The van der Waals surface area contributed by atoms with Crippen molar-refractivity contribution in [2.45, 2.75) is 32.2 Å². The van der Waals surface area contributed by atoms with Crippen LogP contribution in [-0.4, -0.2) is 33.5 Å². The lowest BCUT2D eigenvalue weighted by Crippen LogP contribution is -2.23. The maximum atomic E-state index is 13.1. The Hall–Kier alpha value is -5.37. The summed E-state index contributed by atoms with van der Waals surface area (Å²) in [4.78, 5) is 53.2. The van der Waals surface area contributed by atoms with Crippen molar-refractivity contribution in [2.24, 2.45) is 7.05 Å². The number of unbranched alkanes of at least 4 members (excludes halogenated alkanes) is 1. The van der Waals surface area contributed by atoms with E-state index in [0.717, 1.165) is 5.56 Å². The van der Waals surface area contributed by atoms with Crippen LogP contribution >= 0.6 is 0 Å². The van der Waals surface area contributed by atoms with E-state index in [1.807, 2.05) is 0 Å². The molecule has 0 aliphatic carbocycles. The molecule has 1 aromatic heterocycles. The standard InChI is InChI=1S/C30H27N5O6/c1-34-28(21-9-4-3-8-20(21)17-31)33-25-15-14-19(16-24(25)29(34)37)18-32-27(36)13-6-5-10-22-23(30(38)41-2)11-7-12-26(22)35(39)40/h3-4,7-9,11-12,14-16H,5-6,10,13,18H2,1-2H3,(H,32,36). The number of hydrogen-bond acceptors (Lipinski definition) is 8. The molecule has 0 unspecified atom stereocenters. The van der Waals surface area contributed by atoms with Gasteiger partial charge in [0.2, 0.25) is 5.91 Å². The molecule has 1 N–H and O–H groups in total. The van der Waals surface area contributed by atoms with E-state index in [9.17, 15) is 29.8 Å². The number of fused-ring (bicyclic) bond motifs is 1. The molecular weight excluding hydrogens is 526 g/mol. The Morgan fingerprint density at radius 3 is 2.63 bits per heavy atom. The van der Waals surface area contributed by atoms with Crippen LogP contribution in [0.4, 0.5) is 5.69 Å². The smallest absolute Gasteiger partial charge is 0.338 e. The molecule has 4 aromatic rings. The van der Waals surface area contributed by atoms with Crippen molar-refractivity contribution < 1.29 is 19.2 Å². The van der Waals surface area contributed by atoms with Gasteiger partial charge in [-0.3, -0.25) is 24.3 Å². The minimum Gasteiger partial charge on any atom is -0.465 e. The molecule has 0 aliphatic heterocycles. The fraction of sp³-hybridized carbons (Fsp3) is 0.233. The minimum atomic E-state index is -0.648. The van der Waals surface area contributed by atoms with E-state index in [-0.39, 0.29) is 47.7 Å². The Morgan fingerprint density at radius 1 is 1.12 bits per heavy atom. The van der Waals surface area contributed by atoms with Gasteiger partial charge in [0.05, 0.1) is 40.1 Å². The molecule has 0 saturated heterocycles. The third-order valence-corrected chi connectivity index (χ3v) is 6.75. The molecule has 0 saturated carbocycles. The first kappa shape index (κ1) is 28.6. The van der Waals surface area contributed by atoms with Gasteiger partial charge in [0.15, 0.2) is 0 Å². The molecule has 0 spiro atoms. The van der Waals surface area contributed by atoms with Crippen LogP contribution < -0.4 is 10.9 Å². The van der Waals surface area contributed by atoms with Crippen LogP contribution in [0.3, 0.4) is 0 Å². The first-order valence-electron chi connectivity index (χ1n) is 12.9. The summed E-state index contributed by atoms with van der Waals surface area (Å²) >= 11 is 0. The largest absolute Gasteiger partial charge is 0.465 e. The molecule has 0 radical (unpaired) electrons.